The highest BCUT2D eigenvalue weighted by molar-refractivity contribution is 5.76. The van der Waals surface area contributed by atoms with E-state index < -0.39 is 6.09 Å². The van der Waals surface area contributed by atoms with Crippen LogP contribution in [0.2, 0.25) is 0 Å². The van der Waals surface area contributed by atoms with Crippen LogP contribution in [0.1, 0.15) is 84.0 Å². The van der Waals surface area contributed by atoms with Crippen LogP contribution in [0.15, 0.2) is 0 Å². The summed E-state index contributed by atoms with van der Waals surface area (Å²) in [5.41, 5.74) is 0. The zero-order chi connectivity index (χ0) is 32.3. The second-order valence-electron chi connectivity index (χ2n) is 10.9. The average molecular weight is 630 g/mol. The molecule has 13 nitrogen and oxygen atoms in total. The second-order valence-corrected chi connectivity index (χ2v) is 10.9. The summed E-state index contributed by atoms with van der Waals surface area (Å²) in [4.78, 5) is 62.4. The van der Waals surface area contributed by atoms with Crippen LogP contribution >= 0.6 is 0 Å². The maximum Gasteiger partial charge on any atom is 0.407 e. The number of carbonyl (C=O) groups excluding carboxylic acids is 5. The Labute approximate surface area is 262 Å². The normalized spacial score (nSPS) is 13.7. The molecule has 1 fully saturated rings. The highest BCUT2D eigenvalue weighted by Crippen LogP contribution is 2.07. The minimum Gasteiger partial charge on any atom is -0.466 e. The van der Waals surface area contributed by atoms with Gasteiger partial charge in [0.25, 0.3) is 0 Å². The summed E-state index contributed by atoms with van der Waals surface area (Å²) in [5, 5.41) is 2.70. The van der Waals surface area contributed by atoms with Gasteiger partial charge in [-0.05, 0) is 39.0 Å². The lowest BCUT2D eigenvalue weighted by Gasteiger charge is -2.34. The van der Waals surface area contributed by atoms with Crippen molar-refractivity contribution < 1.29 is 47.7 Å². The number of amides is 1. The zero-order valence-corrected chi connectivity index (χ0v) is 26.9. The van der Waals surface area contributed by atoms with E-state index in [2.05, 4.69) is 15.1 Å². The van der Waals surface area contributed by atoms with Crippen LogP contribution < -0.4 is 5.32 Å². The van der Waals surface area contributed by atoms with E-state index in [1.54, 1.807) is 7.11 Å². The fraction of sp³-hybridized carbons (Fsp3) is 0.839. The molecule has 254 valence electrons. The summed E-state index contributed by atoms with van der Waals surface area (Å²) < 4.78 is 25.5. The van der Waals surface area contributed by atoms with E-state index in [4.69, 9.17) is 23.7 Å². The number of ether oxygens (including phenoxy) is 5. The standard InChI is InChI=1S/C31H55N3O10/c1-27(35)11-10-13-29(37)41-22-8-9-23-42-30(38)14-16-33-17-19-34(20-18-33)21-24-43-28(36)12-6-4-3-5-7-15-32-31(39)44-26-25-40-2/h3-26H2,1-2H3,(H,32,39). The zero-order valence-electron chi connectivity index (χ0n) is 26.9. The summed E-state index contributed by atoms with van der Waals surface area (Å²) in [6.45, 7) is 8.46. The lowest BCUT2D eigenvalue weighted by atomic mass is 10.1. The lowest BCUT2D eigenvalue weighted by Crippen LogP contribution is -2.47. The molecule has 1 aliphatic rings. The molecule has 0 aliphatic carbocycles. The quantitative estimate of drug-likeness (QED) is 0.0851. The Bertz CT molecular complexity index is 819. The third-order valence-electron chi connectivity index (χ3n) is 7.09. The number of nitrogens with zero attached hydrogens (tertiary/aromatic N) is 2. The van der Waals surface area contributed by atoms with Crippen LogP contribution in [0, 0.1) is 0 Å². The molecule has 1 aliphatic heterocycles. The van der Waals surface area contributed by atoms with Gasteiger partial charge in [0.1, 0.15) is 19.0 Å². The van der Waals surface area contributed by atoms with Gasteiger partial charge in [0.2, 0.25) is 0 Å². The van der Waals surface area contributed by atoms with Crippen molar-refractivity contribution in [3.05, 3.63) is 0 Å². The number of carbonyl (C=O) groups is 5. The maximum absolute atomic E-state index is 12.0. The Morgan fingerprint density at radius 3 is 1.73 bits per heavy atom. The summed E-state index contributed by atoms with van der Waals surface area (Å²) in [7, 11) is 1.55. The first kappa shape index (κ1) is 39.3. The van der Waals surface area contributed by atoms with Gasteiger partial charge < -0.3 is 38.7 Å². The lowest BCUT2D eigenvalue weighted by molar-refractivity contribution is -0.146. The molecule has 0 bridgehead atoms. The highest BCUT2D eigenvalue weighted by Gasteiger charge is 2.18. The first-order chi connectivity index (χ1) is 21.3. The predicted molar refractivity (Wildman–Crippen MR) is 163 cm³/mol. The van der Waals surface area contributed by atoms with Gasteiger partial charge in [-0.25, -0.2) is 4.79 Å². The Morgan fingerprint density at radius 1 is 0.545 bits per heavy atom. The summed E-state index contributed by atoms with van der Waals surface area (Å²) in [6, 6.07) is 0. The second kappa shape index (κ2) is 26.6. The molecule has 0 atom stereocenters. The number of ketones is 1. The van der Waals surface area contributed by atoms with Crippen LogP contribution in [0.3, 0.4) is 0 Å². The molecule has 1 amide bonds. The van der Waals surface area contributed by atoms with E-state index in [1.165, 1.54) is 6.92 Å². The molecule has 0 unspecified atom stereocenters. The summed E-state index contributed by atoms with van der Waals surface area (Å²) >= 11 is 0. The molecular formula is C31H55N3O10. The van der Waals surface area contributed by atoms with E-state index in [0.717, 1.165) is 58.3 Å². The smallest absolute Gasteiger partial charge is 0.407 e. The number of alkyl carbamates (subject to hydrolysis) is 1. The Balaban J connectivity index is 1.91. The van der Waals surface area contributed by atoms with E-state index in [9.17, 15) is 24.0 Å². The molecule has 1 rings (SSSR count). The van der Waals surface area contributed by atoms with Crippen molar-refractivity contribution >= 4 is 29.8 Å². The average Bonchev–Trinajstić information content (AvgIpc) is 2.99. The van der Waals surface area contributed by atoms with Gasteiger partial charge in [-0.15, -0.1) is 0 Å². The minimum atomic E-state index is -0.424. The van der Waals surface area contributed by atoms with Crippen molar-refractivity contribution in [2.75, 3.05) is 86.0 Å². The molecule has 0 aromatic rings. The minimum absolute atomic E-state index is 0.0653. The first-order valence-electron chi connectivity index (χ1n) is 16.1. The number of nitrogens with one attached hydrogen (secondary N) is 1. The molecule has 0 spiro atoms. The van der Waals surface area contributed by atoms with Gasteiger partial charge in [-0.3, -0.25) is 19.3 Å². The van der Waals surface area contributed by atoms with Crippen LogP contribution in [0.5, 0.6) is 0 Å². The van der Waals surface area contributed by atoms with Crippen LogP contribution in [-0.2, 0) is 42.9 Å². The monoisotopic (exact) mass is 629 g/mol. The third-order valence-corrected chi connectivity index (χ3v) is 7.09. The van der Waals surface area contributed by atoms with Gasteiger partial charge in [0.15, 0.2) is 0 Å². The predicted octanol–water partition coefficient (Wildman–Crippen LogP) is 2.88. The fourth-order valence-electron chi connectivity index (χ4n) is 4.43. The molecule has 0 radical (unpaired) electrons. The Morgan fingerprint density at radius 2 is 1.09 bits per heavy atom. The topological polar surface area (TPSA) is 150 Å². The van der Waals surface area contributed by atoms with Gasteiger partial charge in [-0.2, -0.15) is 0 Å². The van der Waals surface area contributed by atoms with Gasteiger partial charge in [-0.1, -0.05) is 19.3 Å². The van der Waals surface area contributed by atoms with E-state index in [-0.39, 0.29) is 43.3 Å². The summed E-state index contributed by atoms with van der Waals surface area (Å²) in [6.07, 6.45) is 7.33. The van der Waals surface area contributed by atoms with Crippen molar-refractivity contribution in [3.63, 3.8) is 0 Å². The van der Waals surface area contributed by atoms with Crippen molar-refractivity contribution in [1.82, 2.24) is 15.1 Å². The van der Waals surface area contributed by atoms with E-state index in [0.29, 0.717) is 78.0 Å². The SMILES string of the molecule is COCCOC(=O)NCCCCCCCC(=O)OCCN1CCN(CCC(=O)OCCCCOC(=O)CCCC(C)=O)CC1. The Kier molecular flexibility index (Phi) is 23.7. The number of rotatable bonds is 26. The van der Waals surface area contributed by atoms with E-state index >= 15 is 0 Å². The molecule has 0 aromatic carbocycles. The van der Waals surface area contributed by atoms with Crippen LogP contribution in [0.25, 0.3) is 0 Å². The van der Waals surface area contributed by atoms with Gasteiger partial charge in [0, 0.05) is 72.2 Å². The van der Waals surface area contributed by atoms with Crippen molar-refractivity contribution in [1.29, 1.82) is 0 Å². The molecule has 44 heavy (non-hydrogen) atoms. The summed E-state index contributed by atoms with van der Waals surface area (Å²) in [5.74, 6) is -0.626. The van der Waals surface area contributed by atoms with Crippen molar-refractivity contribution in [2.24, 2.45) is 0 Å². The Hall–Kier alpha value is -2.77. The van der Waals surface area contributed by atoms with E-state index in [1.807, 2.05) is 0 Å². The van der Waals surface area contributed by atoms with Gasteiger partial charge in [0.05, 0.1) is 26.2 Å². The number of piperazine rings is 1. The number of hydrogen-bond donors (Lipinski definition) is 1. The molecular weight excluding hydrogens is 574 g/mol. The molecule has 1 saturated heterocycles. The number of methoxy groups -OCH3 is 1. The van der Waals surface area contributed by atoms with Crippen molar-refractivity contribution in [3.8, 4) is 0 Å². The first-order valence-corrected chi connectivity index (χ1v) is 16.1. The maximum atomic E-state index is 12.0. The highest BCUT2D eigenvalue weighted by atomic mass is 16.6. The third kappa shape index (κ3) is 23.7. The molecule has 13 heteroatoms. The molecule has 0 aromatic heterocycles. The number of esters is 3. The molecule has 0 saturated carbocycles. The fourth-order valence-corrected chi connectivity index (χ4v) is 4.43. The number of Topliss-reactive ketones (excluding diaryl/α,β-unsaturated/α-hetero) is 1. The van der Waals surface area contributed by atoms with Gasteiger partial charge >= 0.3 is 24.0 Å². The van der Waals surface area contributed by atoms with Crippen LogP contribution in [-0.4, -0.2) is 126 Å². The molecule has 1 heterocycles. The molecule has 1 N–H and O–H groups in total. The van der Waals surface area contributed by atoms with Crippen LogP contribution in [0.4, 0.5) is 4.79 Å². The number of hydrogen-bond acceptors (Lipinski definition) is 12. The largest absolute Gasteiger partial charge is 0.466 e. The van der Waals surface area contributed by atoms with Crippen molar-refractivity contribution in [2.45, 2.75) is 84.0 Å². The number of unbranched alkanes of at least 4 members (excludes halogenated alkanes) is 5.